The molecule has 1 aliphatic carbocycles. The van der Waals surface area contributed by atoms with Crippen LogP contribution in [0.2, 0.25) is 0 Å². The van der Waals surface area contributed by atoms with Crippen LogP contribution in [0.4, 0.5) is 0 Å². The molecule has 2 aromatic heterocycles. The predicted molar refractivity (Wildman–Crippen MR) is 100 cm³/mol. The van der Waals surface area contributed by atoms with Crippen molar-refractivity contribution in [3.63, 3.8) is 0 Å². The van der Waals surface area contributed by atoms with E-state index in [-0.39, 0.29) is 5.41 Å². The molecule has 6 nitrogen and oxygen atoms in total. The predicted octanol–water partition coefficient (Wildman–Crippen LogP) is 3.35. The highest BCUT2D eigenvalue weighted by atomic mass is 16.5. The molecule has 0 spiro atoms. The first-order chi connectivity index (χ1) is 13.3. The van der Waals surface area contributed by atoms with Gasteiger partial charge in [-0.15, -0.1) is 0 Å². The van der Waals surface area contributed by atoms with E-state index in [0.29, 0.717) is 18.3 Å². The van der Waals surface area contributed by atoms with Crippen molar-refractivity contribution < 1.29 is 9.26 Å². The van der Waals surface area contributed by atoms with Crippen molar-refractivity contribution in [3.05, 3.63) is 60.2 Å². The summed E-state index contributed by atoms with van der Waals surface area (Å²) in [5, 5.41) is 7.75. The quantitative estimate of drug-likeness (QED) is 0.750. The molecule has 6 heteroatoms. The van der Waals surface area contributed by atoms with Gasteiger partial charge in [-0.05, 0) is 55.6 Å². The average Bonchev–Trinajstić information content (AvgIpc) is 3.43. The Morgan fingerprint density at radius 1 is 1.22 bits per heavy atom. The normalized spacial score (nSPS) is 24.1. The van der Waals surface area contributed by atoms with Gasteiger partial charge >= 0.3 is 0 Å². The minimum atomic E-state index is 0.0397. The Balaban J connectivity index is 1.30. The van der Waals surface area contributed by atoms with Crippen LogP contribution in [0.5, 0.6) is 5.75 Å². The Bertz CT molecular complexity index is 897. The first-order valence-electron chi connectivity index (χ1n) is 9.51. The van der Waals surface area contributed by atoms with Crippen LogP contribution in [-0.2, 0) is 12.0 Å². The molecule has 138 valence electrons. The van der Waals surface area contributed by atoms with Crippen LogP contribution in [-0.4, -0.2) is 28.2 Å². The largest absolute Gasteiger partial charge is 0.489 e. The lowest BCUT2D eigenvalue weighted by molar-refractivity contribution is 0.265. The van der Waals surface area contributed by atoms with Gasteiger partial charge in [0.1, 0.15) is 12.4 Å². The summed E-state index contributed by atoms with van der Waals surface area (Å²) in [7, 11) is 0. The summed E-state index contributed by atoms with van der Waals surface area (Å²) < 4.78 is 11.5. The fraction of sp³-hybridized carbons (Fsp3) is 0.381. The molecule has 2 aliphatic rings. The van der Waals surface area contributed by atoms with E-state index in [9.17, 15) is 0 Å². The standard InChI is InChI=1S/C21H22N4O2/c1-4-17-12-23-14-21(17,9-1)20-24-19(25-27-20)16-5-7-18(8-6-16)26-13-15-3-2-10-22-11-15/h2-3,5-8,10-11,17,23H,1,4,9,12-14H2/t17-,21-/m1/s1. The molecule has 3 aromatic rings. The fourth-order valence-corrected chi connectivity index (χ4v) is 4.39. The van der Waals surface area contributed by atoms with E-state index < -0.39 is 0 Å². The molecule has 1 N–H and O–H groups in total. The first kappa shape index (κ1) is 16.4. The molecule has 0 unspecified atom stereocenters. The minimum Gasteiger partial charge on any atom is -0.489 e. The van der Waals surface area contributed by atoms with Crippen molar-refractivity contribution in [2.75, 3.05) is 13.1 Å². The van der Waals surface area contributed by atoms with Crippen LogP contribution in [0.25, 0.3) is 11.4 Å². The summed E-state index contributed by atoms with van der Waals surface area (Å²) in [6, 6.07) is 11.7. The molecule has 1 saturated heterocycles. The highest BCUT2D eigenvalue weighted by molar-refractivity contribution is 5.55. The van der Waals surface area contributed by atoms with Crippen molar-refractivity contribution in [2.24, 2.45) is 5.92 Å². The fourth-order valence-electron chi connectivity index (χ4n) is 4.39. The van der Waals surface area contributed by atoms with Gasteiger partial charge in [-0.25, -0.2) is 0 Å². The molecule has 27 heavy (non-hydrogen) atoms. The van der Waals surface area contributed by atoms with Crippen LogP contribution >= 0.6 is 0 Å². The van der Waals surface area contributed by atoms with E-state index in [1.165, 1.54) is 12.8 Å². The van der Waals surface area contributed by atoms with Crippen LogP contribution in [0, 0.1) is 5.92 Å². The zero-order chi connectivity index (χ0) is 18.1. The van der Waals surface area contributed by atoms with Gasteiger partial charge in [0.25, 0.3) is 0 Å². The molecule has 5 rings (SSSR count). The molecule has 0 amide bonds. The van der Waals surface area contributed by atoms with Gasteiger partial charge < -0.3 is 14.6 Å². The lowest BCUT2D eigenvalue weighted by Gasteiger charge is -2.22. The molecule has 1 aromatic carbocycles. The molecule has 0 bridgehead atoms. The number of benzene rings is 1. The Morgan fingerprint density at radius 3 is 3.00 bits per heavy atom. The molecule has 1 aliphatic heterocycles. The maximum absolute atomic E-state index is 5.81. The summed E-state index contributed by atoms with van der Waals surface area (Å²) in [5.74, 6) is 2.87. The maximum atomic E-state index is 5.81. The zero-order valence-corrected chi connectivity index (χ0v) is 15.1. The topological polar surface area (TPSA) is 73.1 Å². The number of hydrogen-bond acceptors (Lipinski definition) is 6. The Hall–Kier alpha value is -2.73. The van der Waals surface area contributed by atoms with Crippen molar-refractivity contribution in [2.45, 2.75) is 31.3 Å². The third kappa shape index (κ3) is 3.00. The molecular formula is C21H22N4O2. The average molecular weight is 362 g/mol. The number of ether oxygens (including phenoxy) is 1. The number of fused-ring (bicyclic) bond motifs is 1. The maximum Gasteiger partial charge on any atom is 0.234 e. The van der Waals surface area contributed by atoms with Gasteiger partial charge in [0.2, 0.25) is 11.7 Å². The number of aromatic nitrogens is 3. The highest BCUT2D eigenvalue weighted by Gasteiger charge is 2.51. The van der Waals surface area contributed by atoms with Crippen LogP contribution in [0.1, 0.15) is 30.7 Å². The SMILES string of the molecule is c1cncc(COc2ccc(-c3noc([C@@]45CCC[C@@H]4CNC5)n3)cc2)c1. The van der Waals surface area contributed by atoms with E-state index in [2.05, 4.69) is 15.5 Å². The zero-order valence-electron chi connectivity index (χ0n) is 15.1. The van der Waals surface area contributed by atoms with Gasteiger partial charge in [-0.2, -0.15) is 4.98 Å². The number of nitrogens with one attached hydrogen (secondary N) is 1. The molecule has 0 radical (unpaired) electrons. The van der Waals surface area contributed by atoms with E-state index in [1.807, 2.05) is 42.6 Å². The van der Waals surface area contributed by atoms with E-state index in [1.54, 1.807) is 6.20 Å². The number of nitrogens with zero attached hydrogens (tertiary/aromatic N) is 3. The van der Waals surface area contributed by atoms with Crippen LogP contribution in [0.15, 0.2) is 53.3 Å². The minimum absolute atomic E-state index is 0.0397. The summed E-state index contributed by atoms with van der Waals surface area (Å²) >= 11 is 0. The number of hydrogen-bond donors (Lipinski definition) is 1. The first-order valence-corrected chi connectivity index (χ1v) is 9.51. The van der Waals surface area contributed by atoms with Gasteiger partial charge in [0.05, 0.1) is 5.41 Å². The lowest BCUT2D eigenvalue weighted by Crippen LogP contribution is -2.31. The van der Waals surface area contributed by atoms with Gasteiger partial charge in [-0.3, -0.25) is 4.98 Å². The Morgan fingerprint density at radius 2 is 2.15 bits per heavy atom. The monoisotopic (exact) mass is 362 g/mol. The van der Waals surface area contributed by atoms with Gasteiger partial charge in [-0.1, -0.05) is 17.6 Å². The van der Waals surface area contributed by atoms with Crippen molar-refractivity contribution >= 4 is 0 Å². The molecular weight excluding hydrogens is 340 g/mol. The second-order valence-corrected chi connectivity index (χ2v) is 7.47. The van der Waals surface area contributed by atoms with Gasteiger partial charge in [0.15, 0.2) is 0 Å². The van der Waals surface area contributed by atoms with Crippen LogP contribution in [0.3, 0.4) is 0 Å². The summed E-state index contributed by atoms with van der Waals surface area (Å²) in [6.45, 7) is 2.50. The van der Waals surface area contributed by atoms with Crippen LogP contribution < -0.4 is 10.1 Å². The summed E-state index contributed by atoms with van der Waals surface area (Å²) in [6.07, 6.45) is 7.18. The van der Waals surface area contributed by atoms with E-state index in [0.717, 1.165) is 42.3 Å². The Kier molecular flexibility index (Phi) is 4.13. The smallest absolute Gasteiger partial charge is 0.234 e. The van der Waals surface area contributed by atoms with Crippen molar-refractivity contribution in [1.29, 1.82) is 0 Å². The lowest BCUT2D eigenvalue weighted by atomic mass is 9.80. The number of rotatable bonds is 5. The summed E-state index contributed by atoms with van der Waals surface area (Å²) in [5.41, 5.74) is 2.02. The number of pyridine rings is 1. The second-order valence-electron chi connectivity index (χ2n) is 7.47. The van der Waals surface area contributed by atoms with Crippen molar-refractivity contribution in [1.82, 2.24) is 20.4 Å². The third-order valence-electron chi connectivity index (χ3n) is 5.88. The molecule has 2 atom stereocenters. The van der Waals surface area contributed by atoms with Gasteiger partial charge in [0, 0.05) is 30.1 Å². The molecule has 1 saturated carbocycles. The highest BCUT2D eigenvalue weighted by Crippen LogP contribution is 2.47. The third-order valence-corrected chi connectivity index (χ3v) is 5.88. The Labute approximate surface area is 158 Å². The molecule has 2 fully saturated rings. The molecule has 3 heterocycles. The van der Waals surface area contributed by atoms with E-state index in [4.69, 9.17) is 14.2 Å². The van der Waals surface area contributed by atoms with E-state index >= 15 is 0 Å². The van der Waals surface area contributed by atoms with Crippen molar-refractivity contribution in [3.8, 4) is 17.1 Å². The second kappa shape index (κ2) is 6.78. The summed E-state index contributed by atoms with van der Waals surface area (Å²) in [4.78, 5) is 8.85.